The zero-order valence-electron chi connectivity index (χ0n) is 25.5. The molecule has 2 heterocycles. The summed E-state index contributed by atoms with van der Waals surface area (Å²) in [6.07, 6.45) is 5.07. The van der Waals surface area contributed by atoms with Gasteiger partial charge in [0.25, 0.3) is 5.56 Å². The molecule has 1 aliphatic rings. The van der Waals surface area contributed by atoms with Crippen LogP contribution >= 0.6 is 11.3 Å². The second kappa shape index (κ2) is 14.3. The molecule has 0 fully saturated rings. The van der Waals surface area contributed by atoms with Crippen LogP contribution in [0.3, 0.4) is 0 Å². The third kappa shape index (κ3) is 7.62. The number of benzene rings is 2. The van der Waals surface area contributed by atoms with Crippen LogP contribution in [0.25, 0.3) is 6.08 Å². The number of allylic oxidation sites excluding steroid dienone is 1. The number of thiazole rings is 1. The molecule has 0 saturated carbocycles. The number of hydrogen-bond donors (Lipinski definition) is 0. The summed E-state index contributed by atoms with van der Waals surface area (Å²) in [5, 5.41) is 0. The molecule has 9 nitrogen and oxygen atoms in total. The van der Waals surface area contributed by atoms with Gasteiger partial charge in [-0.25, -0.2) is 9.79 Å². The van der Waals surface area contributed by atoms with Crippen molar-refractivity contribution in [1.82, 2.24) is 4.57 Å². The van der Waals surface area contributed by atoms with Crippen molar-refractivity contribution in [3.8, 4) is 17.2 Å². The molecule has 1 aromatic heterocycles. The van der Waals surface area contributed by atoms with Gasteiger partial charge in [-0.05, 0) is 60.7 Å². The molecular weight excluding hydrogens is 568 g/mol. The van der Waals surface area contributed by atoms with Crippen molar-refractivity contribution in [2.24, 2.45) is 10.9 Å². The lowest BCUT2D eigenvalue weighted by Crippen LogP contribution is -2.40. The van der Waals surface area contributed by atoms with Gasteiger partial charge in [0.15, 0.2) is 16.3 Å². The Morgan fingerprint density at radius 1 is 1.09 bits per heavy atom. The summed E-state index contributed by atoms with van der Waals surface area (Å²) in [6, 6.07) is 11.7. The van der Waals surface area contributed by atoms with E-state index in [1.807, 2.05) is 44.2 Å². The highest BCUT2D eigenvalue weighted by atomic mass is 32.1. The molecule has 0 radical (unpaired) electrons. The molecule has 228 valence electrons. The summed E-state index contributed by atoms with van der Waals surface area (Å²) in [5.41, 5.74) is 1.84. The van der Waals surface area contributed by atoms with Crippen LogP contribution in [0.4, 0.5) is 0 Å². The zero-order chi connectivity index (χ0) is 31.1. The summed E-state index contributed by atoms with van der Waals surface area (Å²) >= 11 is 1.25. The van der Waals surface area contributed by atoms with E-state index in [1.54, 1.807) is 25.1 Å². The molecule has 0 spiro atoms. The van der Waals surface area contributed by atoms with Crippen LogP contribution < -0.4 is 29.1 Å². The third-order valence-corrected chi connectivity index (χ3v) is 7.72. The van der Waals surface area contributed by atoms with Gasteiger partial charge in [0.2, 0.25) is 0 Å². The summed E-state index contributed by atoms with van der Waals surface area (Å²) < 4.78 is 24.2. The number of methoxy groups -OCH3 is 1. The van der Waals surface area contributed by atoms with E-state index in [9.17, 15) is 14.4 Å². The molecule has 1 aliphatic heterocycles. The Labute approximate surface area is 255 Å². The molecule has 0 saturated heterocycles. The number of esters is 2. The lowest BCUT2D eigenvalue weighted by atomic mass is 9.95. The number of rotatable bonds is 12. The smallest absolute Gasteiger partial charge is 0.338 e. The summed E-state index contributed by atoms with van der Waals surface area (Å²) in [4.78, 5) is 44.1. The van der Waals surface area contributed by atoms with Crippen molar-refractivity contribution in [1.29, 1.82) is 0 Å². The van der Waals surface area contributed by atoms with Gasteiger partial charge in [-0.2, -0.15) is 0 Å². The fourth-order valence-electron chi connectivity index (χ4n) is 4.67. The summed E-state index contributed by atoms with van der Waals surface area (Å²) in [6.45, 7) is 9.97. The van der Waals surface area contributed by atoms with Crippen molar-refractivity contribution in [2.75, 3.05) is 20.3 Å². The van der Waals surface area contributed by atoms with E-state index in [0.29, 0.717) is 27.2 Å². The molecule has 0 bridgehead atoms. The number of carbonyl (C=O) groups is 2. The Morgan fingerprint density at radius 2 is 1.84 bits per heavy atom. The number of hydrogen-bond acceptors (Lipinski definition) is 9. The minimum absolute atomic E-state index is 0.126. The van der Waals surface area contributed by atoms with Gasteiger partial charge in [-0.3, -0.25) is 14.2 Å². The second-order valence-corrected chi connectivity index (χ2v) is 11.7. The normalized spacial score (nSPS) is 14.8. The highest BCUT2D eigenvalue weighted by Crippen LogP contribution is 2.36. The number of nitrogens with zero attached hydrogens (tertiary/aromatic N) is 2. The lowest BCUT2D eigenvalue weighted by Gasteiger charge is -2.25. The minimum Gasteiger partial charge on any atom is -0.494 e. The fraction of sp³-hybridized carbons (Fsp3) is 0.394. The third-order valence-electron chi connectivity index (χ3n) is 6.74. The first-order valence-electron chi connectivity index (χ1n) is 14.4. The molecule has 0 unspecified atom stereocenters. The van der Waals surface area contributed by atoms with Gasteiger partial charge in [0.05, 0.1) is 42.2 Å². The molecule has 4 rings (SSSR count). The Bertz CT molecular complexity index is 1680. The Balaban J connectivity index is 1.79. The predicted octanol–water partition coefficient (Wildman–Crippen LogP) is 4.94. The molecule has 0 amide bonds. The Morgan fingerprint density at radius 3 is 2.49 bits per heavy atom. The molecule has 2 aromatic carbocycles. The highest BCUT2D eigenvalue weighted by molar-refractivity contribution is 7.07. The molecule has 0 aliphatic carbocycles. The molecular formula is C33H38N2O7S. The average molecular weight is 607 g/mol. The van der Waals surface area contributed by atoms with Gasteiger partial charge in [0.1, 0.15) is 5.75 Å². The number of carbonyl (C=O) groups excluding carboxylic acids is 2. The SMILES string of the molecule is CCCCCOc1ccc(/C=c2/sc3n(c2=O)[C@H](c2ccc(OC(C)=O)c(OC)c2)C(C(=O)OCC(C)C)=C(C)N=3)cc1. The van der Waals surface area contributed by atoms with Gasteiger partial charge in [-0.15, -0.1) is 0 Å². The lowest BCUT2D eigenvalue weighted by molar-refractivity contribution is -0.140. The maximum Gasteiger partial charge on any atom is 0.338 e. The van der Waals surface area contributed by atoms with Gasteiger partial charge in [-0.1, -0.05) is 63.1 Å². The number of unbranched alkanes of at least 4 members (excludes halogenated alkanes) is 2. The van der Waals surface area contributed by atoms with Gasteiger partial charge < -0.3 is 18.9 Å². The van der Waals surface area contributed by atoms with E-state index < -0.39 is 18.0 Å². The van der Waals surface area contributed by atoms with Crippen molar-refractivity contribution in [2.45, 2.75) is 59.9 Å². The predicted molar refractivity (Wildman–Crippen MR) is 165 cm³/mol. The van der Waals surface area contributed by atoms with Gasteiger partial charge >= 0.3 is 11.9 Å². The van der Waals surface area contributed by atoms with Crippen molar-refractivity contribution >= 4 is 29.4 Å². The van der Waals surface area contributed by atoms with Crippen molar-refractivity contribution in [3.05, 3.63) is 84.5 Å². The summed E-state index contributed by atoms with van der Waals surface area (Å²) in [7, 11) is 1.46. The first-order chi connectivity index (χ1) is 20.6. The highest BCUT2D eigenvalue weighted by Gasteiger charge is 2.34. The number of fused-ring (bicyclic) bond motifs is 1. The topological polar surface area (TPSA) is 105 Å². The number of aromatic nitrogens is 1. The fourth-order valence-corrected chi connectivity index (χ4v) is 5.71. The summed E-state index contributed by atoms with van der Waals surface area (Å²) in [5.74, 6) is 0.377. The Kier molecular flexibility index (Phi) is 10.6. The monoisotopic (exact) mass is 606 g/mol. The van der Waals surface area contributed by atoms with Crippen LogP contribution in [0.1, 0.15) is 71.0 Å². The number of ether oxygens (including phenoxy) is 4. The maximum absolute atomic E-state index is 14.0. The van der Waals surface area contributed by atoms with E-state index >= 15 is 0 Å². The average Bonchev–Trinajstić information content (AvgIpc) is 3.27. The largest absolute Gasteiger partial charge is 0.494 e. The Hall–Kier alpha value is -4.18. The van der Waals surface area contributed by atoms with Crippen LogP contribution in [-0.4, -0.2) is 36.8 Å². The van der Waals surface area contributed by atoms with Crippen LogP contribution in [-0.2, 0) is 14.3 Å². The van der Waals surface area contributed by atoms with E-state index in [1.165, 1.54) is 29.9 Å². The van der Waals surface area contributed by atoms with Crippen LogP contribution in [0, 0.1) is 5.92 Å². The molecule has 43 heavy (non-hydrogen) atoms. The molecule has 3 aromatic rings. The van der Waals surface area contributed by atoms with Crippen LogP contribution in [0.15, 0.2) is 63.5 Å². The quantitative estimate of drug-likeness (QED) is 0.163. The van der Waals surface area contributed by atoms with Gasteiger partial charge in [0, 0.05) is 6.92 Å². The first-order valence-corrected chi connectivity index (χ1v) is 15.2. The van der Waals surface area contributed by atoms with Crippen LogP contribution in [0.2, 0.25) is 0 Å². The first kappa shape index (κ1) is 31.7. The van der Waals surface area contributed by atoms with E-state index in [2.05, 4.69) is 11.9 Å². The van der Waals surface area contributed by atoms with E-state index in [0.717, 1.165) is 30.6 Å². The van der Waals surface area contributed by atoms with Crippen molar-refractivity contribution < 1.29 is 28.5 Å². The van der Waals surface area contributed by atoms with Crippen molar-refractivity contribution in [3.63, 3.8) is 0 Å². The van der Waals surface area contributed by atoms with E-state index in [-0.39, 0.29) is 35.2 Å². The molecule has 1 atom stereocenters. The molecule has 10 heteroatoms. The second-order valence-electron chi connectivity index (χ2n) is 10.7. The van der Waals surface area contributed by atoms with Crippen LogP contribution in [0.5, 0.6) is 17.2 Å². The standard InChI is InChI=1S/C33H38N2O7S/c1-7-8-9-16-40-25-13-10-23(11-14-25)17-28-31(37)35-30(24-12-15-26(42-22(5)36)27(18-24)39-6)29(21(4)34-33(35)43-28)32(38)41-19-20(2)3/h10-15,17-18,20,30H,7-9,16,19H2,1-6H3/b28-17+/t30-/m1/s1. The van der Waals surface area contributed by atoms with E-state index in [4.69, 9.17) is 18.9 Å². The zero-order valence-corrected chi connectivity index (χ0v) is 26.3. The maximum atomic E-state index is 14.0. The minimum atomic E-state index is -0.836. The molecule has 0 N–H and O–H groups in total.